The van der Waals surface area contributed by atoms with Crippen LogP contribution in [0.1, 0.15) is 17.3 Å². The zero-order valence-electron chi connectivity index (χ0n) is 13.3. The Kier molecular flexibility index (Phi) is 4.16. The number of aliphatic hydroxyl groups is 2. The van der Waals surface area contributed by atoms with Crippen LogP contribution in [0, 0.1) is 11.8 Å². The number of benzene rings is 1. The maximum Gasteiger partial charge on any atom is 0.387 e. The minimum atomic E-state index is -3.18. The van der Waals surface area contributed by atoms with Gasteiger partial charge in [0, 0.05) is 5.92 Å². The first kappa shape index (κ1) is 17.6. The van der Waals surface area contributed by atoms with E-state index >= 15 is 0 Å². The topological polar surface area (TPSA) is 102 Å². The van der Waals surface area contributed by atoms with E-state index in [1.807, 2.05) is 0 Å². The molecule has 0 saturated heterocycles. The second-order valence-corrected chi connectivity index (χ2v) is 6.05. The van der Waals surface area contributed by atoms with E-state index in [-0.39, 0.29) is 11.3 Å². The summed E-state index contributed by atoms with van der Waals surface area (Å²) >= 11 is 0. The molecule has 136 valence electrons. The fourth-order valence-electron chi connectivity index (χ4n) is 3.60. The van der Waals surface area contributed by atoms with Gasteiger partial charge in [-0.05, 0) is 12.1 Å². The van der Waals surface area contributed by atoms with Crippen LogP contribution in [0.15, 0.2) is 18.2 Å². The predicted molar refractivity (Wildman–Crippen MR) is 77.4 cm³/mol. The number of ketones is 1. The van der Waals surface area contributed by atoms with Gasteiger partial charge in [-0.25, -0.2) is 4.79 Å². The summed E-state index contributed by atoms with van der Waals surface area (Å²) in [7, 11) is 0.998. The fourth-order valence-corrected chi connectivity index (χ4v) is 3.60. The van der Waals surface area contributed by atoms with Gasteiger partial charge in [-0.3, -0.25) is 4.79 Å². The first-order chi connectivity index (χ1) is 11.7. The average molecular weight is 358 g/mol. The van der Waals surface area contributed by atoms with Gasteiger partial charge in [-0.15, -0.1) is 0 Å². The molecule has 0 spiro atoms. The number of alkyl halides is 2. The van der Waals surface area contributed by atoms with Gasteiger partial charge in [0.25, 0.3) is 0 Å². The summed E-state index contributed by atoms with van der Waals surface area (Å²) in [6, 6.07) is 3.90. The lowest BCUT2D eigenvalue weighted by atomic mass is 9.80. The van der Waals surface area contributed by atoms with Crippen LogP contribution in [0.25, 0.3) is 0 Å². The third-order valence-corrected chi connectivity index (χ3v) is 4.78. The van der Waals surface area contributed by atoms with Crippen molar-refractivity contribution >= 4 is 11.8 Å². The Morgan fingerprint density at radius 2 is 2.08 bits per heavy atom. The van der Waals surface area contributed by atoms with Gasteiger partial charge in [-0.2, -0.15) is 8.78 Å². The van der Waals surface area contributed by atoms with E-state index < -0.39 is 53.8 Å². The largest absolute Gasteiger partial charge is 0.488 e. The van der Waals surface area contributed by atoms with Crippen molar-refractivity contribution < 1.29 is 42.8 Å². The molecule has 1 aromatic rings. The minimum absolute atomic E-state index is 0.0161. The highest BCUT2D eigenvalue weighted by Crippen LogP contribution is 2.50. The standard InChI is InChI=1S/C16H16F2O7/c1-6-12-10(16(22,13(6)20)14(21)23-2)11(19)9-7(24-12)4-3-5-8(9)25-15(17)18/h3-6,10,12-13,15,20,22H,1-2H3/t6-,10-,12-,13-,16+/m1/s1. The molecule has 9 heteroatoms. The van der Waals surface area contributed by atoms with E-state index in [1.54, 1.807) is 0 Å². The van der Waals surface area contributed by atoms with Crippen molar-refractivity contribution in [3.63, 3.8) is 0 Å². The van der Waals surface area contributed by atoms with Crippen LogP contribution >= 0.6 is 0 Å². The van der Waals surface area contributed by atoms with Gasteiger partial charge in [0.15, 0.2) is 5.78 Å². The number of Topliss-reactive ketones (excluding diaryl/α,β-unsaturated/α-hetero) is 1. The third kappa shape index (κ3) is 2.37. The van der Waals surface area contributed by atoms with Crippen LogP contribution in [-0.4, -0.2) is 53.5 Å². The fraction of sp³-hybridized carbons (Fsp3) is 0.500. The molecule has 1 aromatic carbocycles. The number of esters is 1. The number of carbonyl (C=O) groups excluding carboxylic acids is 2. The summed E-state index contributed by atoms with van der Waals surface area (Å²) in [4.78, 5) is 25.0. The first-order valence-corrected chi connectivity index (χ1v) is 7.51. The SMILES string of the molecule is COC(=O)[C@@]1(O)[C@H](O)[C@H](C)[C@H]2Oc3cccc(OC(F)F)c3C(=O)[C@H]21. The number of hydrogen-bond donors (Lipinski definition) is 2. The van der Waals surface area contributed by atoms with Crippen molar-refractivity contribution in [3.05, 3.63) is 23.8 Å². The van der Waals surface area contributed by atoms with Gasteiger partial charge < -0.3 is 24.4 Å². The molecule has 5 atom stereocenters. The second-order valence-electron chi connectivity index (χ2n) is 6.05. The van der Waals surface area contributed by atoms with Gasteiger partial charge in [0.1, 0.15) is 35.2 Å². The van der Waals surface area contributed by atoms with E-state index in [9.17, 15) is 28.6 Å². The molecule has 25 heavy (non-hydrogen) atoms. The molecule has 0 amide bonds. The van der Waals surface area contributed by atoms with Gasteiger partial charge in [-0.1, -0.05) is 13.0 Å². The summed E-state index contributed by atoms with van der Waals surface area (Å²) < 4.78 is 39.7. The van der Waals surface area contributed by atoms with Crippen LogP contribution in [0.5, 0.6) is 11.5 Å². The molecule has 0 unspecified atom stereocenters. The number of carbonyl (C=O) groups is 2. The Labute approximate surface area is 141 Å². The molecule has 3 rings (SSSR count). The summed E-state index contributed by atoms with van der Waals surface area (Å²) in [5, 5.41) is 21.1. The van der Waals surface area contributed by atoms with Gasteiger partial charge in [0.05, 0.1) is 7.11 Å². The van der Waals surface area contributed by atoms with E-state index in [2.05, 4.69) is 9.47 Å². The number of hydrogen-bond acceptors (Lipinski definition) is 7. The van der Waals surface area contributed by atoms with Gasteiger partial charge in [0.2, 0.25) is 5.60 Å². The number of halogens is 2. The predicted octanol–water partition coefficient (Wildman–Crippen LogP) is 0.763. The van der Waals surface area contributed by atoms with E-state index in [4.69, 9.17) is 4.74 Å². The van der Waals surface area contributed by atoms with Crippen LogP contribution < -0.4 is 9.47 Å². The maximum atomic E-state index is 12.9. The molecule has 2 aliphatic rings. The molecular weight excluding hydrogens is 342 g/mol. The number of fused-ring (bicyclic) bond motifs is 2. The lowest BCUT2D eigenvalue weighted by molar-refractivity contribution is -0.177. The number of methoxy groups -OCH3 is 1. The van der Waals surface area contributed by atoms with Crippen molar-refractivity contribution in [3.8, 4) is 11.5 Å². The molecule has 1 aliphatic carbocycles. The quantitative estimate of drug-likeness (QED) is 0.769. The monoisotopic (exact) mass is 358 g/mol. The van der Waals surface area contributed by atoms with Crippen molar-refractivity contribution in [1.29, 1.82) is 0 Å². The summed E-state index contributed by atoms with van der Waals surface area (Å²) in [5.74, 6) is -4.79. The number of rotatable bonds is 3. The Hall–Kier alpha value is -2.26. The summed E-state index contributed by atoms with van der Waals surface area (Å²) in [6.07, 6.45) is -2.66. The van der Waals surface area contributed by atoms with Crippen molar-refractivity contribution in [2.24, 2.45) is 11.8 Å². The average Bonchev–Trinajstić information content (AvgIpc) is 2.76. The van der Waals surface area contributed by atoms with Crippen molar-refractivity contribution in [2.45, 2.75) is 31.3 Å². The molecule has 2 N–H and O–H groups in total. The molecule has 1 aliphatic heterocycles. The van der Waals surface area contributed by atoms with Crippen LogP contribution in [-0.2, 0) is 9.53 Å². The normalized spacial score (nSPS) is 33.5. The Balaban J connectivity index is 2.13. The molecule has 0 radical (unpaired) electrons. The maximum absolute atomic E-state index is 12.9. The summed E-state index contributed by atoms with van der Waals surface area (Å²) in [6.45, 7) is -1.68. The number of ether oxygens (including phenoxy) is 3. The highest BCUT2D eigenvalue weighted by Gasteiger charge is 2.68. The molecular formula is C16H16F2O7. The zero-order valence-corrected chi connectivity index (χ0v) is 13.3. The van der Waals surface area contributed by atoms with Crippen LogP contribution in [0.2, 0.25) is 0 Å². The van der Waals surface area contributed by atoms with Gasteiger partial charge >= 0.3 is 12.6 Å². The zero-order chi connectivity index (χ0) is 18.5. The summed E-state index contributed by atoms with van der Waals surface area (Å²) in [5.41, 5.74) is -2.86. The van der Waals surface area contributed by atoms with Crippen molar-refractivity contribution in [2.75, 3.05) is 7.11 Å². The van der Waals surface area contributed by atoms with Crippen molar-refractivity contribution in [1.82, 2.24) is 0 Å². The lowest BCUT2D eigenvalue weighted by Gasteiger charge is -2.34. The first-order valence-electron chi connectivity index (χ1n) is 7.51. The minimum Gasteiger partial charge on any atom is -0.488 e. The Morgan fingerprint density at radius 3 is 2.68 bits per heavy atom. The van der Waals surface area contributed by atoms with Crippen LogP contribution in [0.4, 0.5) is 8.78 Å². The molecule has 1 heterocycles. The molecule has 0 aromatic heterocycles. The van der Waals surface area contributed by atoms with E-state index in [1.165, 1.54) is 19.1 Å². The Morgan fingerprint density at radius 1 is 1.40 bits per heavy atom. The molecule has 1 fully saturated rings. The third-order valence-electron chi connectivity index (χ3n) is 4.78. The number of aliphatic hydroxyl groups excluding tert-OH is 1. The molecule has 0 bridgehead atoms. The second kappa shape index (κ2) is 5.92. The smallest absolute Gasteiger partial charge is 0.387 e. The van der Waals surface area contributed by atoms with E-state index in [0.29, 0.717) is 0 Å². The van der Waals surface area contributed by atoms with E-state index in [0.717, 1.165) is 13.2 Å². The highest BCUT2D eigenvalue weighted by molar-refractivity contribution is 6.07. The lowest BCUT2D eigenvalue weighted by Crippen LogP contribution is -2.56. The highest BCUT2D eigenvalue weighted by atomic mass is 19.3. The molecule has 1 saturated carbocycles. The van der Waals surface area contributed by atoms with Crippen LogP contribution in [0.3, 0.4) is 0 Å². The Bertz CT molecular complexity index is 722. The molecule has 7 nitrogen and oxygen atoms in total.